The minimum Gasteiger partial charge on any atom is -0.508 e. The van der Waals surface area contributed by atoms with Gasteiger partial charge in [0, 0.05) is 12.1 Å². The van der Waals surface area contributed by atoms with Gasteiger partial charge in [-0.15, -0.1) is 0 Å². The Bertz CT molecular complexity index is 691. The summed E-state index contributed by atoms with van der Waals surface area (Å²) in [4.78, 5) is 1.36. The van der Waals surface area contributed by atoms with Gasteiger partial charge in [-0.1, -0.05) is 17.3 Å². The van der Waals surface area contributed by atoms with Crippen molar-refractivity contribution in [3.8, 4) is 23.0 Å². The predicted molar refractivity (Wildman–Crippen MR) is 86.9 cm³/mol. The van der Waals surface area contributed by atoms with Crippen LogP contribution in [-0.4, -0.2) is 21.9 Å². The van der Waals surface area contributed by atoms with Crippen LogP contribution in [0.15, 0.2) is 57.8 Å². The van der Waals surface area contributed by atoms with Gasteiger partial charge in [0.2, 0.25) is 0 Å². The van der Waals surface area contributed by atoms with Gasteiger partial charge in [0.15, 0.2) is 0 Å². The lowest BCUT2D eigenvalue weighted by molar-refractivity contribution is 0.350. The van der Waals surface area contributed by atoms with Crippen molar-refractivity contribution >= 4 is 11.8 Å². The first-order chi connectivity index (χ1) is 10.5. The molecule has 0 unspecified atom stereocenters. The van der Waals surface area contributed by atoms with Gasteiger partial charge in [-0.25, -0.2) is 0 Å². The van der Waals surface area contributed by atoms with E-state index in [4.69, 9.17) is 4.74 Å². The first-order valence-corrected chi connectivity index (χ1v) is 7.56. The Morgan fingerprint density at radius 1 is 1.00 bits per heavy atom. The first-order valence-electron chi connectivity index (χ1n) is 6.74. The maximum Gasteiger partial charge on any atom is 0.137 e. The lowest BCUT2D eigenvalue weighted by atomic mass is 10.3. The van der Waals surface area contributed by atoms with Crippen molar-refractivity contribution in [3.63, 3.8) is 0 Å². The van der Waals surface area contributed by atoms with Crippen molar-refractivity contribution in [2.45, 2.75) is 23.6 Å². The molecule has 0 amide bonds. The van der Waals surface area contributed by atoms with Gasteiger partial charge >= 0.3 is 0 Å². The summed E-state index contributed by atoms with van der Waals surface area (Å²) in [5, 5.41) is 28.8. The van der Waals surface area contributed by atoms with Crippen LogP contribution in [-0.2, 0) is 0 Å². The summed E-state index contributed by atoms with van der Waals surface area (Å²) < 4.78 is 5.68. The number of ether oxygens (including phenoxy) is 1. The summed E-state index contributed by atoms with van der Waals surface area (Å²) in [6.45, 7) is 4.37. The third-order valence-electron chi connectivity index (χ3n) is 2.82. The fraction of sp³-hybridized carbons (Fsp3) is 0.176. The third kappa shape index (κ3) is 4.36. The molecule has 2 aromatic carbocycles. The summed E-state index contributed by atoms with van der Waals surface area (Å²) in [6.07, 6.45) is 1.94. The number of hydrogen-bond acceptors (Lipinski definition) is 5. The van der Waals surface area contributed by atoms with Gasteiger partial charge < -0.3 is 20.1 Å². The molecule has 22 heavy (non-hydrogen) atoms. The van der Waals surface area contributed by atoms with E-state index >= 15 is 0 Å². The van der Waals surface area contributed by atoms with Gasteiger partial charge in [-0.2, -0.15) is 0 Å². The highest BCUT2D eigenvalue weighted by atomic mass is 32.2. The minimum absolute atomic E-state index is 0.00618. The van der Waals surface area contributed by atoms with Gasteiger partial charge in [0.1, 0.15) is 29.6 Å². The van der Waals surface area contributed by atoms with E-state index in [0.717, 1.165) is 10.5 Å². The van der Waals surface area contributed by atoms with Crippen LogP contribution in [0.4, 0.5) is 0 Å². The first kappa shape index (κ1) is 16.1. The van der Waals surface area contributed by atoms with Gasteiger partial charge in [-0.05, 0) is 44.2 Å². The average Bonchev–Trinajstić information content (AvgIpc) is 2.44. The highest BCUT2D eigenvalue weighted by Crippen LogP contribution is 2.41. The number of aromatic hydroxyl groups is 3. The molecule has 0 aliphatic carbocycles. The SMILES string of the molecule is CC(C)=CCOc1cc(O)ccc1Sc1ccc(O)cc1O. The van der Waals surface area contributed by atoms with Crippen molar-refractivity contribution in [1.29, 1.82) is 0 Å². The van der Waals surface area contributed by atoms with E-state index in [0.29, 0.717) is 17.3 Å². The van der Waals surface area contributed by atoms with E-state index in [1.54, 1.807) is 24.3 Å². The number of rotatable bonds is 5. The Balaban J connectivity index is 2.24. The molecule has 0 atom stereocenters. The zero-order valence-corrected chi connectivity index (χ0v) is 13.2. The highest BCUT2D eigenvalue weighted by molar-refractivity contribution is 7.99. The smallest absolute Gasteiger partial charge is 0.137 e. The van der Waals surface area contributed by atoms with Crippen molar-refractivity contribution < 1.29 is 20.1 Å². The maximum absolute atomic E-state index is 9.87. The lowest BCUT2D eigenvalue weighted by Gasteiger charge is -2.11. The summed E-state index contributed by atoms with van der Waals surface area (Å²) in [7, 11) is 0. The Morgan fingerprint density at radius 2 is 1.64 bits per heavy atom. The van der Waals surface area contributed by atoms with Crippen LogP contribution in [0.5, 0.6) is 23.0 Å². The molecule has 0 saturated carbocycles. The van der Waals surface area contributed by atoms with Crippen LogP contribution in [0, 0.1) is 0 Å². The van der Waals surface area contributed by atoms with E-state index in [2.05, 4.69) is 0 Å². The molecule has 0 bridgehead atoms. The molecule has 116 valence electrons. The topological polar surface area (TPSA) is 69.9 Å². The molecule has 2 aromatic rings. The molecule has 0 fully saturated rings. The Kier molecular flexibility index (Phi) is 5.22. The molecule has 0 aliphatic heterocycles. The molecule has 0 saturated heterocycles. The number of allylic oxidation sites excluding steroid dienone is 1. The van der Waals surface area contributed by atoms with Gasteiger partial charge in [0.25, 0.3) is 0 Å². The third-order valence-corrected chi connectivity index (χ3v) is 3.94. The summed E-state index contributed by atoms with van der Waals surface area (Å²) in [5.41, 5.74) is 1.14. The summed E-state index contributed by atoms with van der Waals surface area (Å²) in [5.74, 6) is 0.655. The van der Waals surface area contributed by atoms with E-state index in [9.17, 15) is 15.3 Å². The number of phenolic OH excluding ortho intramolecular Hbond substituents is 3. The monoisotopic (exact) mass is 318 g/mol. The van der Waals surface area contributed by atoms with E-state index in [1.807, 2.05) is 19.9 Å². The van der Waals surface area contributed by atoms with Crippen LogP contribution in [0.25, 0.3) is 0 Å². The molecule has 0 radical (unpaired) electrons. The summed E-state index contributed by atoms with van der Waals surface area (Å²) in [6, 6.07) is 9.25. The number of benzene rings is 2. The second-order valence-electron chi connectivity index (χ2n) is 4.98. The number of hydrogen-bond donors (Lipinski definition) is 3. The number of phenols is 3. The molecular formula is C17H18O4S. The Labute approximate surface area is 133 Å². The fourth-order valence-electron chi connectivity index (χ4n) is 1.70. The highest BCUT2D eigenvalue weighted by Gasteiger charge is 2.10. The Hall–Kier alpha value is -2.27. The molecule has 5 heteroatoms. The van der Waals surface area contributed by atoms with Crippen LogP contribution in [0.1, 0.15) is 13.8 Å². The van der Waals surface area contributed by atoms with Gasteiger partial charge in [-0.3, -0.25) is 0 Å². The standard InChI is InChI=1S/C17H18O4S/c1-11(2)7-8-21-15-10-13(19)4-6-17(15)22-16-5-3-12(18)9-14(16)20/h3-7,9-10,18-20H,8H2,1-2H3. The molecule has 0 spiro atoms. The molecule has 3 N–H and O–H groups in total. The molecule has 4 nitrogen and oxygen atoms in total. The molecule has 0 heterocycles. The zero-order valence-electron chi connectivity index (χ0n) is 12.4. The fourth-order valence-corrected chi connectivity index (χ4v) is 2.59. The van der Waals surface area contributed by atoms with E-state index < -0.39 is 0 Å². The zero-order chi connectivity index (χ0) is 16.1. The largest absolute Gasteiger partial charge is 0.508 e. The van der Waals surface area contributed by atoms with Crippen molar-refractivity contribution in [3.05, 3.63) is 48.0 Å². The van der Waals surface area contributed by atoms with Crippen LogP contribution in [0.2, 0.25) is 0 Å². The normalized spacial score (nSPS) is 10.3. The molecule has 0 aromatic heterocycles. The molecular weight excluding hydrogens is 300 g/mol. The van der Waals surface area contributed by atoms with Crippen molar-refractivity contribution in [2.24, 2.45) is 0 Å². The quantitative estimate of drug-likeness (QED) is 0.717. The molecule has 2 rings (SSSR count). The Morgan fingerprint density at radius 3 is 2.27 bits per heavy atom. The minimum atomic E-state index is -0.00618. The van der Waals surface area contributed by atoms with Crippen molar-refractivity contribution in [1.82, 2.24) is 0 Å². The average molecular weight is 318 g/mol. The van der Waals surface area contributed by atoms with E-state index in [1.165, 1.54) is 23.9 Å². The second kappa shape index (κ2) is 7.13. The maximum atomic E-state index is 9.87. The van der Waals surface area contributed by atoms with E-state index in [-0.39, 0.29) is 17.2 Å². The van der Waals surface area contributed by atoms with Crippen molar-refractivity contribution in [2.75, 3.05) is 6.61 Å². The lowest BCUT2D eigenvalue weighted by Crippen LogP contribution is -1.95. The predicted octanol–water partition coefficient (Wildman–Crippen LogP) is 4.30. The van der Waals surface area contributed by atoms with Crippen LogP contribution in [0.3, 0.4) is 0 Å². The molecule has 0 aliphatic rings. The van der Waals surface area contributed by atoms with Gasteiger partial charge in [0.05, 0.1) is 9.79 Å². The van der Waals surface area contributed by atoms with Crippen LogP contribution >= 0.6 is 11.8 Å². The second-order valence-corrected chi connectivity index (χ2v) is 6.06. The summed E-state index contributed by atoms with van der Waals surface area (Å²) >= 11 is 1.30. The van der Waals surface area contributed by atoms with Crippen LogP contribution < -0.4 is 4.74 Å².